The predicted molar refractivity (Wildman–Crippen MR) is 86.4 cm³/mol. The van der Waals surface area contributed by atoms with Crippen LogP contribution in [-0.2, 0) is 16.6 Å². The zero-order valence-electron chi connectivity index (χ0n) is 12.6. The molecular weight excluding hydrogens is 298 g/mol. The molecule has 6 nitrogen and oxygen atoms in total. The van der Waals surface area contributed by atoms with Gasteiger partial charge in [-0.25, -0.2) is 0 Å². The normalized spacial score (nSPS) is 22.5. The van der Waals surface area contributed by atoms with Gasteiger partial charge < -0.3 is 5.32 Å². The first-order chi connectivity index (χ1) is 10.5. The minimum absolute atomic E-state index is 0.0198. The van der Waals surface area contributed by atoms with Gasteiger partial charge in [-0.05, 0) is 37.6 Å². The molecule has 0 saturated carbocycles. The molecule has 0 saturated heterocycles. The molecule has 0 spiro atoms. The highest BCUT2D eigenvalue weighted by molar-refractivity contribution is 8.15. The molecule has 114 valence electrons. The van der Waals surface area contributed by atoms with E-state index in [1.54, 1.807) is 18.6 Å². The Morgan fingerprint density at radius 3 is 2.64 bits per heavy atom. The molecule has 0 aliphatic carbocycles. The summed E-state index contributed by atoms with van der Waals surface area (Å²) in [5.74, 6) is -0.150. The van der Waals surface area contributed by atoms with Gasteiger partial charge in [0.1, 0.15) is 4.75 Å². The van der Waals surface area contributed by atoms with Crippen molar-refractivity contribution < 1.29 is 4.79 Å². The second-order valence-corrected chi connectivity index (χ2v) is 6.75. The Bertz CT molecular complexity index is 727. The number of carbonyl (C=O) groups excluding carboxylic acids is 1. The van der Waals surface area contributed by atoms with Crippen LogP contribution in [0.25, 0.3) is 0 Å². The Kier molecular flexibility index (Phi) is 3.74. The summed E-state index contributed by atoms with van der Waals surface area (Å²) in [6.45, 7) is 3.91. The largest absolute Gasteiger partial charge is 0.356 e. The average molecular weight is 315 g/mol. The van der Waals surface area contributed by atoms with Crippen LogP contribution in [0.1, 0.15) is 31.1 Å². The number of carbonyl (C=O) groups is 1. The van der Waals surface area contributed by atoms with Gasteiger partial charge in [-0.1, -0.05) is 11.8 Å². The smallest absolute Gasteiger partial charge is 0.268 e. The Hall–Kier alpha value is -2.15. The van der Waals surface area contributed by atoms with E-state index < -0.39 is 4.75 Å². The fraction of sp³-hybridized carbons (Fsp3) is 0.333. The molecule has 1 amide bonds. The third-order valence-electron chi connectivity index (χ3n) is 3.79. The quantitative estimate of drug-likeness (QED) is 0.938. The molecule has 0 aromatic carbocycles. The Morgan fingerprint density at radius 2 is 2.00 bits per heavy atom. The third-order valence-corrected chi connectivity index (χ3v) is 5.01. The van der Waals surface area contributed by atoms with Crippen molar-refractivity contribution in [3.05, 3.63) is 48.0 Å². The van der Waals surface area contributed by atoms with Gasteiger partial charge in [0.2, 0.25) is 0 Å². The van der Waals surface area contributed by atoms with Crippen molar-refractivity contribution in [2.24, 2.45) is 12.0 Å². The van der Waals surface area contributed by atoms with Crippen molar-refractivity contribution in [2.45, 2.75) is 24.6 Å². The Balaban J connectivity index is 1.77. The summed E-state index contributed by atoms with van der Waals surface area (Å²) >= 11 is 1.44. The van der Waals surface area contributed by atoms with Gasteiger partial charge in [0.15, 0.2) is 5.17 Å². The highest BCUT2D eigenvalue weighted by atomic mass is 32.2. The average Bonchev–Trinajstić information content (AvgIpc) is 3.05. The standard InChI is InChI=1S/C15H17N5OS/c1-10(12-6-9-17-20(12)3)18-14-19-13(21)15(2,22-14)11-4-7-16-8-5-11/h4-10H,1-3H3,(H,18,19,21)/t10-,15?/m0/s1. The fourth-order valence-corrected chi connectivity index (χ4v) is 3.58. The first-order valence-corrected chi connectivity index (χ1v) is 7.79. The van der Waals surface area contributed by atoms with Crippen LogP contribution < -0.4 is 5.32 Å². The molecule has 2 atom stereocenters. The summed E-state index contributed by atoms with van der Waals surface area (Å²) < 4.78 is 1.11. The van der Waals surface area contributed by atoms with E-state index in [0.717, 1.165) is 11.3 Å². The zero-order valence-corrected chi connectivity index (χ0v) is 13.5. The van der Waals surface area contributed by atoms with E-state index in [1.807, 2.05) is 43.8 Å². The van der Waals surface area contributed by atoms with Crippen LogP contribution in [0.4, 0.5) is 0 Å². The molecule has 22 heavy (non-hydrogen) atoms. The minimum atomic E-state index is -0.697. The van der Waals surface area contributed by atoms with Crippen LogP contribution >= 0.6 is 11.8 Å². The molecule has 3 heterocycles. The summed E-state index contributed by atoms with van der Waals surface area (Å²) in [5, 5.41) is 8.09. The van der Waals surface area contributed by atoms with Gasteiger partial charge in [0.05, 0.1) is 11.7 Å². The van der Waals surface area contributed by atoms with Crippen molar-refractivity contribution in [2.75, 3.05) is 0 Å². The fourth-order valence-electron chi connectivity index (χ4n) is 2.44. The number of pyridine rings is 1. The molecular formula is C15H17N5OS. The van der Waals surface area contributed by atoms with E-state index in [4.69, 9.17) is 0 Å². The first-order valence-electron chi connectivity index (χ1n) is 6.98. The van der Waals surface area contributed by atoms with Crippen LogP contribution in [-0.4, -0.2) is 25.8 Å². The van der Waals surface area contributed by atoms with Crippen LogP contribution in [0, 0.1) is 0 Å². The molecule has 7 heteroatoms. The number of hydrogen-bond donors (Lipinski definition) is 1. The van der Waals surface area contributed by atoms with Crippen LogP contribution in [0.3, 0.4) is 0 Å². The lowest BCUT2D eigenvalue weighted by Gasteiger charge is -2.21. The van der Waals surface area contributed by atoms with E-state index in [-0.39, 0.29) is 11.9 Å². The summed E-state index contributed by atoms with van der Waals surface area (Å²) in [4.78, 5) is 20.5. The zero-order chi connectivity index (χ0) is 15.7. The number of amides is 1. The highest BCUT2D eigenvalue weighted by Crippen LogP contribution is 2.42. The Morgan fingerprint density at radius 1 is 1.27 bits per heavy atom. The molecule has 1 unspecified atom stereocenters. The minimum Gasteiger partial charge on any atom is -0.356 e. The topological polar surface area (TPSA) is 72.2 Å². The number of amidine groups is 1. The molecule has 0 fully saturated rings. The number of aromatic nitrogens is 3. The lowest BCUT2D eigenvalue weighted by atomic mass is 10.0. The maximum atomic E-state index is 12.4. The summed E-state index contributed by atoms with van der Waals surface area (Å²) in [5.41, 5.74) is 1.94. The molecule has 2 aromatic rings. The first kappa shape index (κ1) is 14.8. The van der Waals surface area contributed by atoms with Crippen LogP contribution in [0.15, 0.2) is 41.8 Å². The van der Waals surface area contributed by atoms with Crippen molar-refractivity contribution in [1.29, 1.82) is 0 Å². The van der Waals surface area contributed by atoms with Gasteiger partial charge in [0, 0.05) is 25.6 Å². The maximum absolute atomic E-state index is 12.4. The van der Waals surface area contributed by atoms with Crippen LogP contribution in [0.5, 0.6) is 0 Å². The molecule has 1 aliphatic rings. The van der Waals surface area contributed by atoms with Gasteiger partial charge in [-0.15, -0.1) is 0 Å². The van der Waals surface area contributed by atoms with E-state index in [9.17, 15) is 4.79 Å². The van der Waals surface area contributed by atoms with Crippen molar-refractivity contribution >= 4 is 22.8 Å². The molecule has 1 N–H and O–H groups in total. The number of nitrogens with one attached hydrogen (secondary N) is 1. The van der Waals surface area contributed by atoms with E-state index in [0.29, 0.717) is 5.17 Å². The van der Waals surface area contributed by atoms with Gasteiger partial charge >= 0.3 is 0 Å². The van der Waals surface area contributed by atoms with E-state index in [2.05, 4.69) is 20.4 Å². The van der Waals surface area contributed by atoms with E-state index in [1.165, 1.54) is 11.8 Å². The number of aryl methyl sites for hydroxylation is 1. The molecule has 3 rings (SSSR count). The van der Waals surface area contributed by atoms with Gasteiger partial charge in [-0.2, -0.15) is 10.1 Å². The number of nitrogens with zero attached hydrogens (tertiary/aromatic N) is 4. The molecule has 1 aliphatic heterocycles. The summed E-state index contributed by atoms with van der Waals surface area (Å²) in [6, 6.07) is 5.68. The lowest BCUT2D eigenvalue weighted by Crippen LogP contribution is -2.27. The van der Waals surface area contributed by atoms with Crippen molar-refractivity contribution in [3.8, 4) is 0 Å². The van der Waals surface area contributed by atoms with Crippen LogP contribution in [0.2, 0.25) is 0 Å². The molecule has 2 aromatic heterocycles. The maximum Gasteiger partial charge on any atom is 0.268 e. The molecule has 0 radical (unpaired) electrons. The highest BCUT2D eigenvalue weighted by Gasteiger charge is 2.43. The Labute approximate surface area is 133 Å². The third kappa shape index (κ3) is 2.52. The van der Waals surface area contributed by atoms with E-state index >= 15 is 0 Å². The summed E-state index contributed by atoms with van der Waals surface area (Å²) in [7, 11) is 1.89. The lowest BCUT2D eigenvalue weighted by molar-refractivity contribution is -0.119. The number of hydrogen-bond acceptors (Lipinski definition) is 5. The van der Waals surface area contributed by atoms with Gasteiger partial charge in [-0.3, -0.25) is 14.5 Å². The SMILES string of the molecule is C[C@H](NC1=NC(=O)C(C)(c2ccncc2)S1)c1ccnn1C. The second kappa shape index (κ2) is 5.57. The monoisotopic (exact) mass is 315 g/mol. The number of rotatable bonds is 3. The van der Waals surface area contributed by atoms with Crippen molar-refractivity contribution in [1.82, 2.24) is 20.1 Å². The van der Waals surface area contributed by atoms with Crippen molar-refractivity contribution in [3.63, 3.8) is 0 Å². The predicted octanol–water partition coefficient (Wildman–Crippen LogP) is 2.01. The molecule has 0 bridgehead atoms. The summed E-state index contributed by atoms with van der Waals surface area (Å²) in [6.07, 6.45) is 5.14. The van der Waals surface area contributed by atoms with Gasteiger partial charge in [0.25, 0.3) is 5.91 Å². The number of aliphatic imine (C=N–C) groups is 1. The second-order valence-electron chi connectivity index (χ2n) is 5.34. The number of thioether (sulfide) groups is 1.